The summed E-state index contributed by atoms with van der Waals surface area (Å²) in [6.45, 7) is 2.19. The number of hydrogen-bond acceptors (Lipinski definition) is 4. The Labute approximate surface area is 160 Å². The van der Waals surface area contributed by atoms with Crippen molar-refractivity contribution in [2.24, 2.45) is 0 Å². The van der Waals surface area contributed by atoms with Crippen molar-refractivity contribution in [2.75, 3.05) is 14.2 Å². The molecule has 0 N–H and O–H groups in total. The van der Waals surface area contributed by atoms with Crippen LogP contribution in [0.25, 0.3) is 5.69 Å². The molecule has 0 atom stereocenters. The molecule has 0 saturated carbocycles. The Morgan fingerprint density at radius 2 is 1.92 bits per heavy atom. The lowest BCUT2D eigenvalue weighted by Gasteiger charge is -2.18. The van der Waals surface area contributed by atoms with E-state index in [1.54, 1.807) is 26.0 Å². The second kappa shape index (κ2) is 7.70. The van der Waals surface area contributed by atoms with Crippen molar-refractivity contribution in [3.05, 3.63) is 70.0 Å². The first-order valence-electron chi connectivity index (χ1n) is 8.07. The minimum Gasteiger partial charge on any atom is -0.496 e. The molecule has 0 unspecified atom stereocenters. The van der Waals surface area contributed by atoms with Gasteiger partial charge in [-0.1, -0.05) is 34.1 Å². The maximum absolute atomic E-state index is 12.9. The van der Waals surface area contributed by atoms with Gasteiger partial charge in [0.1, 0.15) is 5.75 Å². The van der Waals surface area contributed by atoms with E-state index in [2.05, 4.69) is 26.1 Å². The molecule has 3 rings (SSSR count). The number of amides is 1. The first kappa shape index (κ1) is 18.1. The Hall–Kier alpha value is -2.67. The molecule has 134 valence electrons. The van der Waals surface area contributed by atoms with Crippen molar-refractivity contribution in [3.8, 4) is 11.4 Å². The molecule has 2 aromatic carbocycles. The predicted octanol–water partition coefficient (Wildman–Crippen LogP) is 3.62. The number of hydrogen-bond donors (Lipinski definition) is 0. The van der Waals surface area contributed by atoms with Crippen molar-refractivity contribution < 1.29 is 9.53 Å². The van der Waals surface area contributed by atoms with Crippen molar-refractivity contribution in [2.45, 2.75) is 13.5 Å². The number of carbonyl (C=O) groups excluding carboxylic acids is 1. The summed E-state index contributed by atoms with van der Waals surface area (Å²) in [5.41, 5.74) is 2.65. The molecule has 7 heteroatoms. The number of aryl methyl sites for hydroxylation is 1. The molecule has 0 saturated heterocycles. The lowest BCUT2D eigenvalue weighted by molar-refractivity contribution is 0.0777. The van der Waals surface area contributed by atoms with E-state index in [9.17, 15) is 4.79 Å². The molecule has 26 heavy (non-hydrogen) atoms. The topological polar surface area (TPSA) is 60.2 Å². The number of rotatable bonds is 5. The summed E-state index contributed by atoms with van der Waals surface area (Å²) in [7, 11) is 3.35. The molecule has 0 radical (unpaired) electrons. The van der Waals surface area contributed by atoms with Crippen LogP contribution in [0.4, 0.5) is 0 Å². The Morgan fingerprint density at radius 1 is 1.19 bits per heavy atom. The van der Waals surface area contributed by atoms with Gasteiger partial charge in [0.15, 0.2) is 5.69 Å². The van der Waals surface area contributed by atoms with Gasteiger partial charge in [0.2, 0.25) is 0 Å². The second-order valence-electron chi connectivity index (χ2n) is 5.88. The van der Waals surface area contributed by atoms with E-state index in [-0.39, 0.29) is 5.91 Å². The first-order chi connectivity index (χ1) is 12.5. The number of benzene rings is 2. The highest BCUT2D eigenvalue weighted by atomic mass is 79.9. The standard InChI is InChI=1S/C19H19BrN4O2/c1-13-18(22-24(21-13)16-7-5-4-6-8-16)19(25)23(2)12-14-11-15(20)9-10-17(14)26-3/h4-11H,12H2,1-3H3. The Kier molecular flexibility index (Phi) is 5.37. The van der Waals surface area contributed by atoms with Gasteiger partial charge in [-0.2, -0.15) is 9.90 Å². The lowest BCUT2D eigenvalue weighted by Crippen LogP contribution is -2.27. The lowest BCUT2D eigenvalue weighted by atomic mass is 10.2. The van der Waals surface area contributed by atoms with E-state index in [1.807, 2.05) is 48.5 Å². The van der Waals surface area contributed by atoms with Crippen molar-refractivity contribution in [3.63, 3.8) is 0 Å². The van der Waals surface area contributed by atoms with Crippen LogP contribution in [0.5, 0.6) is 5.75 Å². The van der Waals surface area contributed by atoms with Crippen LogP contribution in [0.2, 0.25) is 0 Å². The van der Waals surface area contributed by atoms with Crippen LogP contribution < -0.4 is 4.74 Å². The average molecular weight is 415 g/mol. The number of aromatic nitrogens is 3. The third-order valence-corrected chi connectivity index (χ3v) is 4.46. The van der Waals surface area contributed by atoms with Gasteiger partial charge in [0.05, 0.1) is 18.5 Å². The van der Waals surface area contributed by atoms with E-state index in [4.69, 9.17) is 4.74 Å². The smallest absolute Gasteiger partial charge is 0.276 e. The van der Waals surface area contributed by atoms with Crippen molar-refractivity contribution >= 4 is 21.8 Å². The number of para-hydroxylation sites is 1. The molecule has 0 aliphatic heterocycles. The molecule has 0 spiro atoms. The minimum atomic E-state index is -0.188. The van der Waals surface area contributed by atoms with Gasteiger partial charge in [-0.3, -0.25) is 4.79 Å². The van der Waals surface area contributed by atoms with Crippen LogP contribution in [-0.4, -0.2) is 40.0 Å². The third-order valence-electron chi connectivity index (χ3n) is 3.97. The SMILES string of the molecule is COc1ccc(Br)cc1CN(C)C(=O)c1nn(-c2ccccc2)nc1C. The quantitative estimate of drug-likeness (QED) is 0.639. The maximum atomic E-state index is 12.9. The summed E-state index contributed by atoms with van der Waals surface area (Å²) in [5, 5.41) is 8.74. The van der Waals surface area contributed by atoms with Gasteiger partial charge in [-0.25, -0.2) is 0 Å². The number of halogens is 1. The van der Waals surface area contributed by atoms with Crippen molar-refractivity contribution in [1.82, 2.24) is 19.9 Å². The van der Waals surface area contributed by atoms with Crippen LogP contribution in [0.1, 0.15) is 21.7 Å². The van der Waals surface area contributed by atoms with E-state index in [0.29, 0.717) is 17.9 Å². The fourth-order valence-electron chi connectivity index (χ4n) is 2.63. The first-order valence-corrected chi connectivity index (χ1v) is 8.86. The van der Waals surface area contributed by atoms with Gasteiger partial charge in [0.25, 0.3) is 5.91 Å². The highest BCUT2D eigenvalue weighted by Gasteiger charge is 2.21. The highest BCUT2D eigenvalue weighted by Crippen LogP contribution is 2.24. The Balaban J connectivity index is 1.83. The van der Waals surface area contributed by atoms with Crippen LogP contribution >= 0.6 is 15.9 Å². The van der Waals surface area contributed by atoms with Gasteiger partial charge >= 0.3 is 0 Å². The van der Waals surface area contributed by atoms with Crippen LogP contribution in [0.3, 0.4) is 0 Å². The molecule has 1 amide bonds. The van der Waals surface area contributed by atoms with E-state index in [1.165, 1.54) is 4.80 Å². The summed E-state index contributed by atoms with van der Waals surface area (Å²) in [5.74, 6) is 0.546. The minimum absolute atomic E-state index is 0.188. The second-order valence-corrected chi connectivity index (χ2v) is 6.79. The van der Waals surface area contributed by atoms with Gasteiger partial charge in [-0.05, 0) is 37.3 Å². The Morgan fingerprint density at radius 3 is 2.62 bits per heavy atom. The summed E-state index contributed by atoms with van der Waals surface area (Å²) in [6, 6.07) is 15.2. The third kappa shape index (κ3) is 3.77. The monoisotopic (exact) mass is 414 g/mol. The van der Waals surface area contributed by atoms with Gasteiger partial charge < -0.3 is 9.64 Å². The zero-order valence-electron chi connectivity index (χ0n) is 14.8. The number of methoxy groups -OCH3 is 1. The molecule has 0 aliphatic rings. The van der Waals surface area contributed by atoms with Crippen LogP contribution in [0.15, 0.2) is 53.0 Å². The molecule has 3 aromatic rings. The molecule has 1 heterocycles. The molecular weight excluding hydrogens is 396 g/mol. The summed E-state index contributed by atoms with van der Waals surface area (Å²) < 4.78 is 6.31. The van der Waals surface area contributed by atoms with Crippen LogP contribution in [-0.2, 0) is 6.54 Å². The van der Waals surface area contributed by atoms with E-state index in [0.717, 1.165) is 21.5 Å². The normalized spacial score (nSPS) is 10.6. The van der Waals surface area contributed by atoms with Gasteiger partial charge in [0, 0.05) is 23.6 Å². The van der Waals surface area contributed by atoms with E-state index < -0.39 is 0 Å². The number of nitrogens with zero attached hydrogens (tertiary/aromatic N) is 4. The summed E-state index contributed by atoms with van der Waals surface area (Å²) in [4.78, 5) is 15.9. The molecular formula is C19H19BrN4O2. The fraction of sp³-hybridized carbons (Fsp3) is 0.211. The average Bonchev–Trinajstić information content (AvgIpc) is 3.03. The maximum Gasteiger partial charge on any atom is 0.276 e. The molecule has 1 aromatic heterocycles. The number of carbonyl (C=O) groups is 1. The highest BCUT2D eigenvalue weighted by molar-refractivity contribution is 9.10. The molecule has 0 bridgehead atoms. The van der Waals surface area contributed by atoms with Crippen molar-refractivity contribution in [1.29, 1.82) is 0 Å². The zero-order valence-corrected chi connectivity index (χ0v) is 16.4. The predicted molar refractivity (Wildman–Crippen MR) is 103 cm³/mol. The fourth-order valence-corrected chi connectivity index (χ4v) is 3.04. The summed E-state index contributed by atoms with van der Waals surface area (Å²) >= 11 is 3.45. The molecule has 0 fully saturated rings. The molecule has 6 nitrogen and oxygen atoms in total. The van der Waals surface area contributed by atoms with Gasteiger partial charge in [-0.15, -0.1) is 5.10 Å². The van der Waals surface area contributed by atoms with Crippen LogP contribution in [0, 0.1) is 6.92 Å². The molecule has 0 aliphatic carbocycles. The largest absolute Gasteiger partial charge is 0.496 e. The van der Waals surface area contributed by atoms with E-state index >= 15 is 0 Å². The summed E-state index contributed by atoms with van der Waals surface area (Å²) in [6.07, 6.45) is 0. The number of ether oxygens (including phenoxy) is 1. The Bertz CT molecular complexity index is 925. The zero-order chi connectivity index (χ0) is 18.7.